The van der Waals surface area contributed by atoms with Crippen molar-refractivity contribution >= 4 is 21.7 Å². The molecule has 0 radical (unpaired) electrons. The quantitative estimate of drug-likeness (QED) is 0.517. The first-order chi connectivity index (χ1) is 6.45. The van der Waals surface area contributed by atoms with E-state index in [9.17, 15) is 0 Å². The van der Waals surface area contributed by atoms with Gasteiger partial charge in [0.15, 0.2) is 5.58 Å². The van der Waals surface area contributed by atoms with Crippen LogP contribution in [0.5, 0.6) is 0 Å². The number of hydrogen-bond acceptors (Lipinski definition) is 2. The number of nitrogens with zero attached hydrogens (tertiary/aromatic N) is 1. The summed E-state index contributed by atoms with van der Waals surface area (Å²) in [5.41, 5.74) is 0.846. The zero-order valence-electron chi connectivity index (χ0n) is 6.90. The highest BCUT2D eigenvalue weighted by Crippen LogP contribution is 2.24. The minimum atomic E-state index is 0.846. The lowest BCUT2D eigenvalue weighted by Gasteiger charge is -1.95. The van der Waals surface area contributed by atoms with Crippen LogP contribution in [0.2, 0.25) is 0 Å². The molecule has 62 valence electrons. The molecule has 1 heterocycles. The molecular formula is C11H7NO. The third kappa shape index (κ3) is 0.855. The lowest BCUT2D eigenvalue weighted by molar-refractivity contribution is 0.456. The van der Waals surface area contributed by atoms with Gasteiger partial charge in [-0.3, -0.25) is 0 Å². The molecule has 1 aromatic heterocycles. The molecule has 0 amide bonds. The molecule has 2 heteroatoms. The first-order valence-corrected chi connectivity index (χ1v) is 4.17. The van der Waals surface area contributed by atoms with Gasteiger partial charge in [0, 0.05) is 5.39 Å². The molecule has 0 aliphatic carbocycles. The molecule has 0 bridgehead atoms. The van der Waals surface area contributed by atoms with Crippen LogP contribution < -0.4 is 0 Å². The monoisotopic (exact) mass is 169 g/mol. The van der Waals surface area contributed by atoms with Gasteiger partial charge in [-0.15, -0.1) is 0 Å². The van der Waals surface area contributed by atoms with Gasteiger partial charge >= 0.3 is 0 Å². The lowest BCUT2D eigenvalue weighted by Crippen LogP contribution is -1.71. The summed E-state index contributed by atoms with van der Waals surface area (Å²) in [6.45, 7) is 0. The second-order valence-corrected chi connectivity index (χ2v) is 3.02. The van der Waals surface area contributed by atoms with Crippen molar-refractivity contribution in [3.05, 3.63) is 42.6 Å². The molecule has 0 atom stereocenters. The van der Waals surface area contributed by atoms with E-state index in [4.69, 9.17) is 4.52 Å². The predicted molar refractivity (Wildman–Crippen MR) is 51.5 cm³/mol. The maximum absolute atomic E-state index is 5.08. The van der Waals surface area contributed by atoms with Gasteiger partial charge in [0.05, 0.1) is 6.20 Å². The Morgan fingerprint density at radius 2 is 1.85 bits per heavy atom. The summed E-state index contributed by atoms with van der Waals surface area (Å²) in [5.74, 6) is 0. The van der Waals surface area contributed by atoms with Gasteiger partial charge in [0.1, 0.15) is 0 Å². The average molecular weight is 169 g/mol. The Balaban J connectivity index is 2.65. The van der Waals surface area contributed by atoms with Crippen molar-refractivity contribution in [2.45, 2.75) is 0 Å². The molecule has 0 saturated heterocycles. The molecule has 0 fully saturated rings. The smallest absolute Gasteiger partial charge is 0.167 e. The molecule has 0 aliphatic rings. The van der Waals surface area contributed by atoms with Crippen molar-refractivity contribution in [1.82, 2.24) is 5.16 Å². The van der Waals surface area contributed by atoms with Crippen molar-refractivity contribution in [2.24, 2.45) is 0 Å². The summed E-state index contributed by atoms with van der Waals surface area (Å²) in [4.78, 5) is 0. The van der Waals surface area contributed by atoms with Crippen molar-refractivity contribution in [2.75, 3.05) is 0 Å². The fraction of sp³-hybridized carbons (Fsp3) is 0. The fourth-order valence-electron chi connectivity index (χ4n) is 1.62. The SMILES string of the molecule is c1ccc2c(c1)ccc1oncc12. The van der Waals surface area contributed by atoms with Crippen LogP contribution in [0.25, 0.3) is 21.7 Å². The van der Waals surface area contributed by atoms with Gasteiger partial charge < -0.3 is 4.52 Å². The summed E-state index contributed by atoms with van der Waals surface area (Å²) < 4.78 is 5.08. The Morgan fingerprint density at radius 1 is 0.923 bits per heavy atom. The van der Waals surface area contributed by atoms with E-state index in [-0.39, 0.29) is 0 Å². The molecule has 3 aromatic rings. The maximum Gasteiger partial charge on any atom is 0.167 e. The number of benzene rings is 2. The Labute approximate surface area is 74.8 Å². The average Bonchev–Trinajstić information content (AvgIpc) is 2.65. The topological polar surface area (TPSA) is 26.0 Å². The van der Waals surface area contributed by atoms with E-state index < -0.39 is 0 Å². The van der Waals surface area contributed by atoms with E-state index in [2.05, 4.69) is 17.3 Å². The fourth-order valence-corrected chi connectivity index (χ4v) is 1.62. The van der Waals surface area contributed by atoms with Gasteiger partial charge in [0.25, 0.3) is 0 Å². The van der Waals surface area contributed by atoms with E-state index in [0.717, 1.165) is 11.0 Å². The lowest BCUT2D eigenvalue weighted by atomic mass is 10.1. The standard InChI is InChI=1S/C11H7NO/c1-2-4-9-8(3-1)5-6-11-10(9)7-12-13-11/h1-7H. The Morgan fingerprint density at radius 3 is 2.85 bits per heavy atom. The molecule has 0 spiro atoms. The van der Waals surface area contributed by atoms with Crippen LogP contribution in [0.1, 0.15) is 0 Å². The van der Waals surface area contributed by atoms with E-state index in [1.54, 1.807) is 6.20 Å². The second-order valence-electron chi connectivity index (χ2n) is 3.02. The molecule has 2 nitrogen and oxygen atoms in total. The predicted octanol–water partition coefficient (Wildman–Crippen LogP) is 2.98. The highest BCUT2D eigenvalue weighted by atomic mass is 16.5. The van der Waals surface area contributed by atoms with Gasteiger partial charge in [-0.25, -0.2) is 0 Å². The molecule has 0 N–H and O–H groups in total. The first-order valence-electron chi connectivity index (χ1n) is 4.17. The number of fused-ring (bicyclic) bond motifs is 3. The highest BCUT2D eigenvalue weighted by Gasteiger charge is 2.01. The summed E-state index contributed by atoms with van der Waals surface area (Å²) in [6, 6.07) is 12.2. The number of aromatic nitrogens is 1. The van der Waals surface area contributed by atoms with E-state index >= 15 is 0 Å². The number of rotatable bonds is 0. The van der Waals surface area contributed by atoms with Crippen molar-refractivity contribution in [1.29, 1.82) is 0 Å². The maximum atomic E-state index is 5.08. The summed E-state index contributed by atoms with van der Waals surface area (Å²) >= 11 is 0. The highest BCUT2D eigenvalue weighted by molar-refractivity contribution is 6.05. The largest absolute Gasteiger partial charge is 0.356 e. The molecular weight excluding hydrogens is 162 g/mol. The van der Waals surface area contributed by atoms with Gasteiger partial charge in [-0.05, 0) is 16.8 Å². The Bertz CT molecular complexity index is 568. The molecule has 2 aromatic carbocycles. The molecule has 3 rings (SSSR count). The van der Waals surface area contributed by atoms with Crippen LogP contribution >= 0.6 is 0 Å². The summed E-state index contributed by atoms with van der Waals surface area (Å²) in [6.07, 6.45) is 1.76. The second kappa shape index (κ2) is 2.33. The van der Waals surface area contributed by atoms with Crippen LogP contribution in [0.3, 0.4) is 0 Å². The van der Waals surface area contributed by atoms with Gasteiger partial charge in [0.2, 0.25) is 0 Å². The van der Waals surface area contributed by atoms with Gasteiger partial charge in [-0.1, -0.05) is 35.5 Å². The Hall–Kier alpha value is -1.83. The number of hydrogen-bond donors (Lipinski definition) is 0. The molecule has 0 aliphatic heterocycles. The third-order valence-electron chi connectivity index (χ3n) is 2.26. The van der Waals surface area contributed by atoms with E-state index in [0.29, 0.717) is 0 Å². The van der Waals surface area contributed by atoms with Crippen molar-refractivity contribution in [3.63, 3.8) is 0 Å². The molecule has 0 saturated carbocycles. The van der Waals surface area contributed by atoms with Crippen molar-refractivity contribution in [3.8, 4) is 0 Å². The summed E-state index contributed by atoms with van der Waals surface area (Å²) in [7, 11) is 0. The zero-order chi connectivity index (χ0) is 8.67. The molecule has 0 unspecified atom stereocenters. The van der Waals surface area contributed by atoms with Crippen LogP contribution in [-0.2, 0) is 0 Å². The van der Waals surface area contributed by atoms with E-state index in [1.807, 2.05) is 24.3 Å². The van der Waals surface area contributed by atoms with Crippen LogP contribution in [-0.4, -0.2) is 5.16 Å². The van der Waals surface area contributed by atoms with Crippen molar-refractivity contribution < 1.29 is 4.52 Å². The van der Waals surface area contributed by atoms with Gasteiger partial charge in [-0.2, -0.15) is 0 Å². The summed E-state index contributed by atoms with van der Waals surface area (Å²) in [5, 5.41) is 7.27. The first kappa shape index (κ1) is 6.66. The molecule has 13 heavy (non-hydrogen) atoms. The third-order valence-corrected chi connectivity index (χ3v) is 2.26. The Kier molecular flexibility index (Phi) is 1.19. The van der Waals surface area contributed by atoms with E-state index in [1.165, 1.54) is 10.8 Å². The van der Waals surface area contributed by atoms with Crippen LogP contribution in [0.4, 0.5) is 0 Å². The zero-order valence-corrected chi connectivity index (χ0v) is 6.90. The normalized spacial score (nSPS) is 11.1. The minimum Gasteiger partial charge on any atom is -0.356 e. The van der Waals surface area contributed by atoms with Crippen LogP contribution in [0, 0.1) is 0 Å². The van der Waals surface area contributed by atoms with Crippen LogP contribution in [0.15, 0.2) is 47.1 Å². The minimum absolute atomic E-state index is 0.846.